The van der Waals surface area contributed by atoms with Crippen LogP contribution in [0.25, 0.3) is 0 Å². The van der Waals surface area contributed by atoms with E-state index < -0.39 is 0 Å². The fourth-order valence-electron chi connectivity index (χ4n) is 2.26. The maximum absolute atomic E-state index is 12.3. The van der Waals surface area contributed by atoms with E-state index in [0.29, 0.717) is 12.3 Å². The molecule has 3 heterocycles. The Bertz CT molecular complexity index is 570. The molecule has 0 aromatic carbocycles. The lowest BCUT2D eigenvalue weighted by atomic mass is 10.1. The molecule has 0 bridgehead atoms. The molecule has 3 rings (SSSR count). The molecular weight excluding hydrogens is 246 g/mol. The fraction of sp³-hybridized carbons (Fsp3) is 0.357. The van der Waals surface area contributed by atoms with E-state index >= 15 is 0 Å². The average molecular weight is 261 g/mol. The first-order valence-corrected chi connectivity index (χ1v) is 7.09. The van der Waals surface area contributed by atoms with Crippen LogP contribution < -0.4 is 0 Å². The van der Waals surface area contributed by atoms with Crippen LogP contribution in [0.3, 0.4) is 0 Å². The second kappa shape index (κ2) is 4.61. The summed E-state index contributed by atoms with van der Waals surface area (Å²) in [5, 5.41) is 2.10. The summed E-state index contributed by atoms with van der Waals surface area (Å²) in [7, 11) is 0. The molecule has 94 valence electrons. The first-order valence-electron chi connectivity index (χ1n) is 6.21. The summed E-state index contributed by atoms with van der Waals surface area (Å²) in [6, 6.07) is 5.77. The number of thiophene rings is 1. The van der Waals surface area contributed by atoms with Gasteiger partial charge in [-0.05, 0) is 35.6 Å². The molecule has 0 saturated heterocycles. The number of carbonyl (C=O) groups is 1. The molecule has 2 aromatic heterocycles. The van der Waals surface area contributed by atoms with Gasteiger partial charge in [0.2, 0.25) is 0 Å². The summed E-state index contributed by atoms with van der Waals surface area (Å²) in [6.45, 7) is 3.51. The number of aryl methyl sites for hydroxylation is 1. The molecule has 1 amide bonds. The van der Waals surface area contributed by atoms with Gasteiger partial charge in [-0.15, -0.1) is 11.3 Å². The highest BCUT2D eigenvalue weighted by atomic mass is 32.1. The van der Waals surface area contributed by atoms with Crippen LogP contribution >= 0.6 is 11.3 Å². The summed E-state index contributed by atoms with van der Waals surface area (Å²) in [5.41, 5.74) is 1.28. The van der Waals surface area contributed by atoms with Crippen molar-refractivity contribution >= 4 is 17.2 Å². The lowest BCUT2D eigenvalue weighted by Crippen LogP contribution is -2.35. The number of rotatable bonds is 2. The number of hydrogen-bond donors (Lipinski definition) is 0. The summed E-state index contributed by atoms with van der Waals surface area (Å²) in [4.78, 5) is 15.6. The van der Waals surface area contributed by atoms with Crippen molar-refractivity contribution in [3.63, 3.8) is 0 Å². The van der Waals surface area contributed by atoms with Gasteiger partial charge in [-0.25, -0.2) is 0 Å². The fourth-order valence-corrected chi connectivity index (χ4v) is 3.15. The zero-order chi connectivity index (χ0) is 12.5. The molecule has 0 aliphatic carbocycles. The van der Waals surface area contributed by atoms with Crippen molar-refractivity contribution in [3.8, 4) is 0 Å². The molecule has 0 spiro atoms. The molecule has 0 N–H and O–H groups in total. The van der Waals surface area contributed by atoms with Crippen LogP contribution in [0.1, 0.15) is 33.7 Å². The van der Waals surface area contributed by atoms with E-state index in [1.54, 1.807) is 17.4 Å². The van der Waals surface area contributed by atoms with Crippen LogP contribution in [0.2, 0.25) is 0 Å². The highest BCUT2D eigenvalue weighted by Crippen LogP contribution is 2.25. The first kappa shape index (κ1) is 11.5. The van der Waals surface area contributed by atoms with Crippen LogP contribution in [0.4, 0.5) is 0 Å². The van der Waals surface area contributed by atoms with E-state index in [1.807, 2.05) is 17.9 Å². The molecule has 0 saturated carbocycles. The number of fused-ring (bicyclic) bond motifs is 1. The molecule has 0 radical (unpaired) electrons. The van der Waals surface area contributed by atoms with E-state index in [9.17, 15) is 4.79 Å². The van der Waals surface area contributed by atoms with E-state index in [0.717, 1.165) is 25.1 Å². The summed E-state index contributed by atoms with van der Waals surface area (Å²) >= 11 is 1.78. The van der Waals surface area contributed by atoms with Crippen LogP contribution in [0.5, 0.6) is 0 Å². The maximum atomic E-state index is 12.3. The van der Waals surface area contributed by atoms with Crippen molar-refractivity contribution in [1.29, 1.82) is 0 Å². The SMILES string of the molecule is CCc1ccc(C(=O)N2CCc3sccc3C2)o1. The maximum Gasteiger partial charge on any atom is 0.289 e. The van der Waals surface area contributed by atoms with E-state index in [1.165, 1.54) is 10.4 Å². The molecule has 2 aromatic rings. The molecule has 1 aliphatic heterocycles. The largest absolute Gasteiger partial charge is 0.456 e. The lowest BCUT2D eigenvalue weighted by Gasteiger charge is -2.26. The van der Waals surface area contributed by atoms with Crippen LogP contribution in [-0.2, 0) is 19.4 Å². The summed E-state index contributed by atoms with van der Waals surface area (Å²) in [5.74, 6) is 1.34. The van der Waals surface area contributed by atoms with Gasteiger partial charge in [-0.3, -0.25) is 4.79 Å². The van der Waals surface area contributed by atoms with Gasteiger partial charge in [0.25, 0.3) is 5.91 Å². The quantitative estimate of drug-likeness (QED) is 0.832. The number of furan rings is 1. The van der Waals surface area contributed by atoms with E-state index in [4.69, 9.17) is 4.42 Å². The van der Waals surface area contributed by atoms with Crippen molar-refractivity contribution in [2.24, 2.45) is 0 Å². The summed E-state index contributed by atoms with van der Waals surface area (Å²) < 4.78 is 5.53. The first-order chi connectivity index (χ1) is 8.78. The van der Waals surface area contributed by atoms with Gasteiger partial charge in [0.05, 0.1) is 0 Å². The third-order valence-corrected chi connectivity index (χ3v) is 4.34. The smallest absolute Gasteiger partial charge is 0.289 e. The highest BCUT2D eigenvalue weighted by Gasteiger charge is 2.24. The minimum atomic E-state index is 0.00606. The number of nitrogens with zero attached hydrogens (tertiary/aromatic N) is 1. The van der Waals surface area contributed by atoms with Crippen molar-refractivity contribution < 1.29 is 9.21 Å². The average Bonchev–Trinajstić information content (AvgIpc) is 3.05. The van der Waals surface area contributed by atoms with Crippen LogP contribution in [0.15, 0.2) is 28.0 Å². The molecule has 18 heavy (non-hydrogen) atoms. The minimum Gasteiger partial charge on any atom is -0.456 e. The highest BCUT2D eigenvalue weighted by molar-refractivity contribution is 7.10. The van der Waals surface area contributed by atoms with Crippen molar-refractivity contribution in [2.45, 2.75) is 26.3 Å². The van der Waals surface area contributed by atoms with Gasteiger partial charge in [0.15, 0.2) is 5.76 Å². The van der Waals surface area contributed by atoms with Crippen molar-refractivity contribution in [3.05, 3.63) is 45.5 Å². The molecular formula is C14H15NO2S. The zero-order valence-corrected chi connectivity index (χ0v) is 11.1. The third-order valence-electron chi connectivity index (χ3n) is 3.32. The monoisotopic (exact) mass is 261 g/mol. The Morgan fingerprint density at radius 3 is 3.11 bits per heavy atom. The Balaban J connectivity index is 1.78. The molecule has 0 atom stereocenters. The van der Waals surface area contributed by atoms with Crippen LogP contribution in [0, 0.1) is 0 Å². The Morgan fingerprint density at radius 2 is 2.33 bits per heavy atom. The Kier molecular flexibility index (Phi) is 2.96. The Labute approximate surface area is 110 Å². The van der Waals surface area contributed by atoms with E-state index in [2.05, 4.69) is 11.4 Å². The second-order valence-corrected chi connectivity index (χ2v) is 5.47. The van der Waals surface area contributed by atoms with E-state index in [-0.39, 0.29) is 5.91 Å². The van der Waals surface area contributed by atoms with Crippen molar-refractivity contribution in [2.75, 3.05) is 6.54 Å². The van der Waals surface area contributed by atoms with Crippen molar-refractivity contribution in [1.82, 2.24) is 4.90 Å². The van der Waals surface area contributed by atoms with Gasteiger partial charge < -0.3 is 9.32 Å². The number of hydrogen-bond acceptors (Lipinski definition) is 3. The third kappa shape index (κ3) is 1.97. The van der Waals surface area contributed by atoms with Crippen LogP contribution in [-0.4, -0.2) is 17.4 Å². The van der Waals surface area contributed by atoms with Gasteiger partial charge in [0, 0.05) is 24.4 Å². The van der Waals surface area contributed by atoms with Gasteiger partial charge in [-0.2, -0.15) is 0 Å². The lowest BCUT2D eigenvalue weighted by molar-refractivity contribution is 0.0702. The number of carbonyl (C=O) groups excluding carboxylic acids is 1. The Hall–Kier alpha value is -1.55. The molecule has 4 heteroatoms. The van der Waals surface area contributed by atoms with Gasteiger partial charge >= 0.3 is 0 Å². The molecule has 3 nitrogen and oxygen atoms in total. The molecule has 0 unspecified atom stereocenters. The zero-order valence-electron chi connectivity index (χ0n) is 10.3. The standard InChI is InChI=1S/C14H15NO2S/c1-2-11-3-4-12(17-11)14(16)15-7-5-13-10(9-15)6-8-18-13/h3-4,6,8H,2,5,7,9H2,1H3. The predicted molar refractivity (Wildman–Crippen MR) is 70.8 cm³/mol. The topological polar surface area (TPSA) is 33.5 Å². The minimum absolute atomic E-state index is 0.00606. The summed E-state index contributed by atoms with van der Waals surface area (Å²) in [6.07, 6.45) is 1.78. The predicted octanol–water partition coefficient (Wildman–Crippen LogP) is 3.10. The van der Waals surface area contributed by atoms with Gasteiger partial charge in [0.1, 0.15) is 5.76 Å². The van der Waals surface area contributed by atoms with Gasteiger partial charge in [-0.1, -0.05) is 6.92 Å². The second-order valence-electron chi connectivity index (χ2n) is 4.47. The normalized spacial score (nSPS) is 14.6. The Morgan fingerprint density at radius 1 is 1.44 bits per heavy atom. The molecule has 0 fully saturated rings. The number of amides is 1. The molecule has 1 aliphatic rings.